The summed E-state index contributed by atoms with van der Waals surface area (Å²) in [6, 6.07) is 0. The highest BCUT2D eigenvalue weighted by Crippen LogP contribution is 2.12. The molecule has 0 saturated carbocycles. The van der Waals surface area contributed by atoms with E-state index in [-0.39, 0.29) is 30.1 Å². The fourth-order valence-corrected chi connectivity index (χ4v) is 2.60. The van der Waals surface area contributed by atoms with Crippen LogP contribution >= 0.6 is 24.0 Å². The summed E-state index contributed by atoms with van der Waals surface area (Å²) in [6.07, 6.45) is 7.57. The molecule has 0 aliphatic carbocycles. The lowest BCUT2D eigenvalue weighted by Gasteiger charge is -2.21. The summed E-state index contributed by atoms with van der Waals surface area (Å²) >= 11 is 0. The molecule has 1 aromatic rings. The Balaban J connectivity index is 0.00000288. The molecule has 0 aromatic carbocycles. The number of rotatable bonds is 8. The van der Waals surface area contributed by atoms with Gasteiger partial charge in [0.25, 0.3) is 0 Å². The van der Waals surface area contributed by atoms with Crippen molar-refractivity contribution in [2.45, 2.75) is 58.6 Å². The van der Waals surface area contributed by atoms with E-state index in [1.165, 1.54) is 12.8 Å². The molecule has 0 radical (unpaired) electrons. The van der Waals surface area contributed by atoms with Crippen molar-refractivity contribution in [3.63, 3.8) is 0 Å². The molecule has 2 N–H and O–H groups in total. The predicted octanol–water partition coefficient (Wildman–Crippen LogP) is 1.97. The van der Waals surface area contributed by atoms with Crippen molar-refractivity contribution in [3.05, 3.63) is 12.2 Å². The summed E-state index contributed by atoms with van der Waals surface area (Å²) in [5, 5.41) is 14.8. The summed E-state index contributed by atoms with van der Waals surface area (Å²) in [5.74, 6) is 1.88. The maximum atomic E-state index is 5.74. The summed E-state index contributed by atoms with van der Waals surface area (Å²) in [7, 11) is 0. The number of nitrogens with zero attached hydrogens (tertiary/aromatic N) is 4. The van der Waals surface area contributed by atoms with Gasteiger partial charge in [-0.2, -0.15) is 0 Å². The summed E-state index contributed by atoms with van der Waals surface area (Å²) < 4.78 is 7.82. The molecule has 1 fully saturated rings. The van der Waals surface area contributed by atoms with E-state index >= 15 is 0 Å². The van der Waals surface area contributed by atoms with Crippen LogP contribution in [0.2, 0.25) is 0 Å². The third kappa shape index (κ3) is 7.33. The first-order valence-corrected chi connectivity index (χ1v) is 8.84. The number of aliphatic imine (C=N–C) groups is 1. The van der Waals surface area contributed by atoms with Crippen molar-refractivity contribution >= 4 is 29.9 Å². The van der Waals surface area contributed by atoms with Gasteiger partial charge in [-0.3, -0.25) is 4.99 Å². The monoisotopic (exact) mass is 450 g/mol. The molecule has 0 spiro atoms. The van der Waals surface area contributed by atoms with Crippen molar-refractivity contribution in [3.8, 4) is 0 Å². The molecule has 0 amide bonds. The largest absolute Gasteiger partial charge is 0.376 e. The quantitative estimate of drug-likeness (QED) is 0.360. The maximum absolute atomic E-state index is 5.74. The number of aryl methyl sites for hydroxylation is 1. The minimum atomic E-state index is 0. The van der Waals surface area contributed by atoms with Crippen LogP contribution < -0.4 is 10.6 Å². The van der Waals surface area contributed by atoms with Crippen molar-refractivity contribution in [2.75, 3.05) is 26.2 Å². The molecule has 8 heteroatoms. The molecule has 138 valence electrons. The lowest BCUT2D eigenvalue weighted by atomic mass is 10.1. The average molecular weight is 450 g/mol. The molecule has 1 saturated heterocycles. The van der Waals surface area contributed by atoms with E-state index in [1.54, 1.807) is 6.33 Å². The third-order valence-corrected chi connectivity index (χ3v) is 3.93. The Hall–Kier alpha value is -0.900. The maximum Gasteiger partial charge on any atom is 0.191 e. The third-order valence-electron chi connectivity index (χ3n) is 3.93. The molecule has 7 nitrogen and oxygen atoms in total. The summed E-state index contributed by atoms with van der Waals surface area (Å²) in [5.41, 5.74) is 0. The number of hydrogen-bond donors (Lipinski definition) is 2. The van der Waals surface area contributed by atoms with Crippen LogP contribution in [0.3, 0.4) is 0 Å². The van der Waals surface area contributed by atoms with Crippen LogP contribution in [-0.4, -0.2) is 53.1 Å². The van der Waals surface area contributed by atoms with Gasteiger partial charge in [0.05, 0.1) is 12.6 Å². The molecule has 1 aliphatic rings. The highest BCUT2D eigenvalue weighted by atomic mass is 127. The van der Waals surface area contributed by atoms with Crippen molar-refractivity contribution in [1.29, 1.82) is 0 Å². The van der Waals surface area contributed by atoms with Gasteiger partial charge in [-0.15, -0.1) is 34.2 Å². The zero-order valence-electron chi connectivity index (χ0n) is 14.8. The minimum absolute atomic E-state index is 0. The van der Waals surface area contributed by atoms with E-state index in [0.717, 1.165) is 63.8 Å². The summed E-state index contributed by atoms with van der Waals surface area (Å²) in [4.78, 5) is 4.68. The normalized spacial score (nSPS) is 18.1. The van der Waals surface area contributed by atoms with Crippen molar-refractivity contribution in [1.82, 2.24) is 25.4 Å². The van der Waals surface area contributed by atoms with Crippen LogP contribution in [0.1, 0.15) is 45.4 Å². The van der Waals surface area contributed by atoms with Crippen LogP contribution in [0.25, 0.3) is 0 Å². The lowest BCUT2D eigenvalue weighted by molar-refractivity contribution is 0.0224. The number of aromatic nitrogens is 3. The molecule has 1 atom stereocenters. The Labute approximate surface area is 162 Å². The highest BCUT2D eigenvalue weighted by Gasteiger charge is 2.13. The first-order valence-electron chi connectivity index (χ1n) is 8.84. The second-order valence-electron chi connectivity index (χ2n) is 5.83. The van der Waals surface area contributed by atoms with Crippen LogP contribution in [0.4, 0.5) is 0 Å². The molecule has 0 bridgehead atoms. The molecule has 2 heterocycles. The second kappa shape index (κ2) is 12.5. The average Bonchev–Trinajstić information content (AvgIpc) is 3.05. The van der Waals surface area contributed by atoms with Gasteiger partial charge in [0, 0.05) is 32.7 Å². The fraction of sp³-hybridized carbons (Fsp3) is 0.812. The van der Waals surface area contributed by atoms with Gasteiger partial charge >= 0.3 is 0 Å². The fourth-order valence-electron chi connectivity index (χ4n) is 2.60. The van der Waals surface area contributed by atoms with Crippen molar-refractivity contribution < 1.29 is 4.74 Å². The number of nitrogens with one attached hydrogen (secondary N) is 2. The number of ether oxygens (including phenoxy) is 1. The minimum Gasteiger partial charge on any atom is -0.376 e. The van der Waals surface area contributed by atoms with Gasteiger partial charge in [0.1, 0.15) is 12.2 Å². The van der Waals surface area contributed by atoms with Crippen LogP contribution in [-0.2, 0) is 17.7 Å². The van der Waals surface area contributed by atoms with Gasteiger partial charge in [-0.1, -0.05) is 13.8 Å². The SMILES string of the molecule is CCCNC(=NCC1CCCCO1)NCCn1cnnc1CC.I. The number of halogens is 1. The van der Waals surface area contributed by atoms with Gasteiger partial charge in [-0.25, -0.2) is 0 Å². The molecule has 2 rings (SSSR count). The Morgan fingerprint density at radius 2 is 2.17 bits per heavy atom. The zero-order chi connectivity index (χ0) is 16.3. The molecular formula is C16H31IN6O. The number of guanidine groups is 1. The van der Waals surface area contributed by atoms with E-state index < -0.39 is 0 Å². The van der Waals surface area contributed by atoms with Gasteiger partial charge in [-0.05, 0) is 25.7 Å². The topological polar surface area (TPSA) is 76.4 Å². The Bertz CT molecular complexity index is 473. The zero-order valence-corrected chi connectivity index (χ0v) is 17.2. The second-order valence-corrected chi connectivity index (χ2v) is 5.83. The van der Waals surface area contributed by atoms with E-state index in [4.69, 9.17) is 4.74 Å². The van der Waals surface area contributed by atoms with Crippen LogP contribution in [0, 0.1) is 0 Å². The van der Waals surface area contributed by atoms with Gasteiger partial charge in [0.2, 0.25) is 0 Å². The van der Waals surface area contributed by atoms with Gasteiger partial charge < -0.3 is 19.9 Å². The van der Waals surface area contributed by atoms with E-state index in [2.05, 4.69) is 44.2 Å². The van der Waals surface area contributed by atoms with E-state index in [1.807, 2.05) is 0 Å². The first-order chi connectivity index (χ1) is 11.3. The molecule has 1 aromatic heterocycles. The van der Waals surface area contributed by atoms with Crippen LogP contribution in [0.15, 0.2) is 11.3 Å². The lowest BCUT2D eigenvalue weighted by Crippen LogP contribution is -2.40. The molecule has 1 unspecified atom stereocenters. The van der Waals surface area contributed by atoms with Crippen molar-refractivity contribution in [2.24, 2.45) is 4.99 Å². The number of hydrogen-bond acceptors (Lipinski definition) is 4. The van der Waals surface area contributed by atoms with E-state index in [0.29, 0.717) is 0 Å². The Morgan fingerprint density at radius 1 is 1.33 bits per heavy atom. The standard InChI is InChI=1S/C16H30N6O.HI/c1-3-8-17-16(19-12-14-7-5-6-11-23-14)18-9-10-22-13-20-21-15(22)4-2;/h13-14H,3-12H2,1-2H3,(H2,17,18,19);1H. The molecular weight excluding hydrogens is 419 g/mol. The Morgan fingerprint density at radius 3 is 2.88 bits per heavy atom. The molecule has 1 aliphatic heterocycles. The van der Waals surface area contributed by atoms with Gasteiger partial charge in [0.15, 0.2) is 5.96 Å². The highest BCUT2D eigenvalue weighted by molar-refractivity contribution is 14.0. The Kier molecular flexibility index (Phi) is 11.0. The smallest absolute Gasteiger partial charge is 0.191 e. The molecule has 24 heavy (non-hydrogen) atoms. The van der Waals surface area contributed by atoms with Crippen LogP contribution in [0.5, 0.6) is 0 Å². The van der Waals surface area contributed by atoms with E-state index in [9.17, 15) is 0 Å². The summed E-state index contributed by atoms with van der Waals surface area (Å²) in [6.45, 7) is 8.40. The first kappa shape index (κ1) is 21.1. The predicted molar refractivity (Wildman–Crippen MR) is 107 cm³/mol.